The lowest BCUT2D eigenvalue weighted by molar-refractivity contribution is -0.139. The minimum atomic E-state index is -0.294. The van der Waals surface area contributed by atoms with Gasteiger partial charge in [-0.1, -0.05) is 23.4 Å². The van der Waals surface area contributed by atoms with Gasteiger partial charge in [0.25, 0.3) is 11.8 Å². The van der Waals surface area contributed by atoms with E-state index in [4.69, 9.17) is 9.26 Å². The number of hydrogen-bond acceptors (Lipinski definition) is 5. The molecule has 1 aliphatic rings. The number of likely N-dealkylation sites (N-methyl/N-ethyl adjacent to an activating group) is 1. The van der Waals surface area contributed by atoms with E-state index in [1.165, 1.54) is 0 Å². The average molecular weight is 340 g/mol. The molecule has 0 radical (unpaired) electrons. The number of nitrogens with zero attached hydrogens (tertiary/aromatic N) is 3. The first-order valence-corrected chi connectivity index (χ1v) is 8.48. The number of aromatic nitrogens is 3. The predicted molar refractivity (Wildman–Crippen MR) is 91.9 cm³/mol. The van der Waals surface area contributed by atoms with E-state index in [1.54, 1.807) is 11.9 Å². The second-order valence-electron chi connectivity index (χ2n) is 6.30. The minimum Gasteiger partial charge on any atom is -0.368 e. The van der Waals surface area contributed by atoms with Gasteiger partial charge in [0.2, 0.25) is 0 Å². The lowest BCUT2D eigenvalue weighted by atomic mass is 10.2. The molecule has 1 amide bonds. The van der Waals surface area contributed by atoms with Crippen LogP contribution in [0.3, 0.4) is 0 Å². The Morgan fingerprint density at radius 3 is 3.08 bits per heavy atom. The fourth-order valence-corrected chi connectivity index (χ4v) is 3.05. The molecule has 0 spiro atoms. The van der Waals surface area contributed by atoms with E-state index >= 15 is 0 Å². The standard InChI is InChI=1S/C18H20N4O3/c1-22(18(23)15-7-4-10-24-15)9-8-16-20-17(25-21-16)14-11-12-5-2-3-6-13(12)19-14/h2-3,5-6,11,15,19H,4,7-10H2,1H3/t15-/m1/s1. The summed E-state index contributed by atoms with van der Waals surface area (Å²) in [4.78, 5) is 21.6. The summed E-state index contributed by atoms with van der Waals surface area (Å²) in [7, 11) is 1.78. The van der Waals surface area contributed by atoms with Crippen molar-refractivity contribution in [1.82, 2.24) is 20.0 Å². The zero-order valence-corrected chi connectivity index (χ0v) is 14.1. The minimum absolute atomic E-state index is 0.0248. The molecule has 25 heavy (non-hydrogen) atoms. The molecule has 3 aromatic rings. The molecular formula is C18H20N4O3. The highest BCUT2D eigenvalue weighted by atomic mass is 16.5. The molecule has 1 saturated heterocycles. The maximum absolute atomic E-state index is 12.2. The summed E-state index contributed by atoms with van der Waals surface area (Å²) < 4.78 is 10.8. The van der Waals surface area contributed by atoms with Crippen molar-refractivity contribution in [3.63, 3.8) is 0 Å². The van der Waals surface area contributed by atoms with E-state index < -0.39 is 0 Å². The van der Waals surface area contributed by atoms with Crippen LogP contribution in [0.4, 0.5) is 0 Å². The summed E-state index contributed by atoms with van der Waals surface area (Å²) >= 11 is 0. The van der Waals surface area contributed by atoms with E-state index in [-0.39, 0.29) is 12.0 Å². The van der Waals surface area contributed by atoms with Crippen LogP contribution in [0, 0.1) is 0 Å². The van der Waals surface area contributed by atoms with Crippen molar-refractivity contribution in [2.24, 2.45) is 0 Å². The van der Waals surface area contributed by atoms with E-state index in [0.29, 0.717) is 31.3 Å². The van der Waals surface area contributed by atoms with Crippen LogP contribution in [-0.4, -0.2) is 52.2 Å². The topological polar surface area (TPSA) is 84.3 Å². The number of para-hydroxylation sites is 1. The Morgan fingerprint density at radius 2 is 2.28 bits per heavy atom. The zero-order chi connectivity index (χ0) is 17.2. The molecule has 1 N–H and O–H groups in total. The number of amides is 1. The lowest BCUT2D eigenvalue weighted by Gasteiger charge is -2.19. The number of rotatable bonds is 5. The fraction of sp³-hybridized carbons (Fsp3) is 0.389. The van der Waals surface area contributed by atoms with Gasteiger partial charge in [-0.05, 0) is 25.0 Å². The molecule has 0 aliphatic carbocycles. The van der Waals surface area contributed by atoms with E-state index in [1.807, 2.05) is 30.3 Å². The normalized spacial score (nSPS) is 17.2. The van der Waals surface area contributed by atoms with Crippen molar-refractivity contribution in [3.05, 3.63) is 36.2 Å². The van der Waals surface area contributed by atoms with Crippen molar-refractivity contribution in [1.29, 1.82) is 0 Å². The van der Waals surface area contributed by atoms with Crippen molar-refractivity contribution < 1.29 is 14.1 Å². The highest BCUT2D eigenvalue weighted by Crippen LogP contribution is 2.22. The van der Waals surface area contributed by atoms with Crippen LogP contribution < -0.4 is 0 Å². The Kier molecular flexibility index (Phi) is 4.23. The molecule has 3 heterocycles. The molecule has 7 heteroatoms. The molecule has 130 valence electrons. The molecule has 1 atom stereocenters. The maximum atomic E-state index is 12.2. The number of hydrogen-bond donors (Lipinski definition) is 1. The van der Waals surface area contributed by atoms with Gasteiger partial charge in [0.05, 0.1) is 0 Å². The molecule has 2 aromatic heterocycles. The number of H-pyrrole nitrogens is 1. The van der Waals surface area contributed by atoms with Crippen LogP contribution in [0.5, 0.6) is 0 Å². The number of nitrogens with one attached hydrogen (secondary N) is 1. The number of ether oxygens (including phenoxy) is 1. The molecule has 4 rings (SSSR count). The summed E-state index contributed by atoms with van der Waals surface area (Å²) in [5, 5.41) is 5.11. The summed E-state index contributed by atoms with van der Waals surface area (Å²) in [6, 6.07) is 9.97. The predicted octanol–water partition coefficient (Wildman–Crippen LogP) is 2.40. The number of carbonyl (C=O) groups excluding carboxylic acids is 1. The Balaban J connectivity index is 1.40. The zero-order valence-electron chi connectivity index (χ0n) is 14.1. The third-order valence-corrected chi connectivity index (χ3v) is 4.48. The molecule has 1 aliphatic heterocycles. The van der Waals surface area contributed by atoms with Gasteiger partial charge < -0.3 is 19.1 Å². The van der Waals surface area contributed by atoms with Crippen LogP contribution >= 0.6 is 0 Å². The highest BCUT2D eigenvalue weighted by Gasteiger charge is 2.26. The van der Waals surface area contributed by atoms with Gasteiger partial charge in [-0.25, -0.2) is 0 Å². The van der Waals surface area contributed by atoms with Crippen molar-refractivity contribution in [2.75, 3.05) is 20.2 Å². The van der Waals surface area contributed by atoms with Crippen LogP contribution in [0.2, 0.25) is 0 Å². The Labute approximate surface area is 145 Å². The highest BCUT2D eigenvalue weighted by molar-refractivity contribution is 5.84. The molecule has 1 fully saturated rings. The number of fused-ring (bicyclic) bond motifs is 1. The first kappa shape index (κ1) is 15.8. The molecule has 0 bridgehead atoms. The van der Waals surface area contributed by atoms with Crippen LogP contribution in [0.1, 0.15) is 18.7 Å². The molecule has 0 unspecified atom stereocenters. The van der Waals surface area contributed by atoms with Crippen molar-refractivity contribution in [3.8, 4) is 11.6 Å². The molecular weight excluding hydrogens is 320 g/mol. The van der Waals surface area contributed by atoms with Gasteiger partial charge in [0.1, 0.15) is 11.8 Å². The lowest BCUT2D eigenvalue weighted by Crippen LogP contribution is -2.37. The van der Waals surface area contributed by atoms with E-state index in [9.17, 15) is 4.79 Å². The second kappa shape index (κ2) is 6.68. The van der Waals surface area contributed by atoms with Gasteiger partial charge in [0, 0.05) is 37.5 Å². The first-order chi connectivity index (χ1) is 12.2. The largest absolute Gasteiger partial charge is 0.368 e. The van der Waals surface area contributed by atoms with Crippen LogP contribution in [-0.2, 0) is 16.0 Å². The summed E-state index contributed by atoms with van der Waals surface area (Å²) in [6.07, 6.45) is 1.99. The van der Waals surface area contributed by atoms with Crippen LogP contribution in [0.15, 0.2) is 34.9 Å². The average Bonchev–Trinajstić information content (AvgIpc) is 3.38. The third kappa shape index (κ3) is 3.28. The number of aromatic amines is 1. The van der Waals surface area contributed by atoms with Gasteiger partial charge in [-0.3, -0.25) is 4.79 Å². The summed E-state index contributed by atoms with van der Waals surface area (Å²) in [5.41, 5.74) is 1.82. The smallest absolute Gasteiger partial charge is 0.274 e. The second-order valence-corrected chi connectivity index (χ2v) is 6.30. The number of carbonyl (C=O) groups is 1. The fourth-order valence-electron chi connectivity index (χ4n) is 3.05. The molecule has 0 saturated carbocycles. The van der Waals surface area contributed by atoms with Crippen molar-refractivity contribution >= 4 is 16.8 Å². The Hall–Kier alpha value is -2.67. The molecule has 1 aromatic carbocycles. The van der Waals surface area contributed by atoms with Gasteiger partial charge >= 0.3 is 0 Å². The third-order valence-electron chi connectivity index (χ3n) is 4.48. The van der Waals surface area contributed by atoms with E-state index in [2.05, 4.69) is 15.1 Å². The van der Waals surface area contributed by atoms with Crippen LogP contribution in [0.25, 0.3) is 22.5 Å². The number of benzene rings is 1. The molecule has 7 nitrogen and oxygen atoms in total. The monoisotopic (exact) mass is 340 g/mol. The van der Waals surface area contributed by atoms with E-state index in [0.717, 1.165) is 29.4 Å². The van der Waals surface area contributed by atoms with Gasteiger partial charge in [-0.2, -0.15) is 4.98 Å². The maximum Gasteiger partial charge on any atom is 0.274 e. The Morgan fingerprint density at radius 1 is 1.40 bits per heavy atom. The summed E-state index contributed by atoms with van der Waals surface area (Å²) in [5.74, 6) is 1.07. The van der Waals surface area contributed by atoms with Gasteiger partial charge in [-0.15, -0.1) is 0 Å². The van der Waals surface area contributed by atoms with Gasteiger partial charge in [0.15, 0.2) is 5.82 Å². The Bertz CT molecular complexity index is 846. The van der Waals surface area contributed by atoms with Crippen molar-refractivity contribution in [2.45, 2.75) is 25.4 Å². The summed E-state index contributed by atoms with van der Waals surface area (Å²) in [6.45, 7) is 1.20. The SMILES string of the molecule is CN(CCc1noc(-c2cc3ccccc3[nH]2)n1)C(=O)[C@H]1CCCO1. The quantitative estimate of drug-likeness (QED) is 0.771. The first-order valence-electron chi connectivity index (χ1n) is 8.48.